The van der Waals surface area contributed by atoms with Gasteiger partial charge in [-0.15, -0.1) is 0 Å². The SMILES string of the molecule is COc1cc(/C=C/C(=O)Nc2cc(F)ccc2C)cc(OC)c1OC. The standard InChI is InChI=1S/C19H20FNO4/c1-12-5-7-14(20)11-15(12)21-18(22)8-6-13-9-16(23-2)19(25-4)17(10-13)24-3/h5-11H,1-4H3,(H,21,22)/b8-6+. The minimum absolute atomic E-state index is 0.373. The van der Waals surface area contributed by atoms with Gasteiger partial charge in [-0.2, -0.15) is 0 Å². The van der Waals surface area contributed by atoms with Crippen LogP contribution in [0.25, 0.3) is 6.08 Å². The Bertz CT molecular complexity index is 777. The molecule has 0 unspecified atom stereocenters. The van der Waals surface area contributed by atoms with Crippen molar-refractivity contribution in [3.8, 4) is 17.2 Å². The molecule has 0 saturated carbocycles. The van der Waals surface area contributed by atoms with Crippen molar-refractivity contribution in [3.05, 3.63) is 53.4 Å². The van der Waals surface area contributed by atoms with Gasteiger partial charge in [-0.25, -0.2) is 4.39 Å². The molecular weight excluding hydrogens is 325 g/mol. The van der Waals surface area contributed by atoms with Gasteiger partial charge in [-0.3, -0.25) is 4.79 Å². The van der Waals surface area contributed by atoms with Crippen molar-refractivity contribution in [3.63, 3.8) is 0 Å². The monoisotopic (exact) mass is 345 g/mol. The van der Waals surface area contributed by atoms with Gasteiger partial charge in [0.05, 0.1) is 21.3 Å². The van der Waals surface area contributed by atoms with E-state index in [1.165, 1.54) is 39.5 Å². The van der Waals surface area contributed by atoms with E-state index in [0.717, 1.165) is 5.56 Å². The maximum absolute atomic E-state index is 13.3. The highest BCUT2D eigenvalue weighted by Gasteiger charge is 2.12. The van der Waals surface area contributed by atoms with Crippen LogP contribution in [0.1, 0.15) is 11.1 Å². The predicted octanol–water partition coefficient (Wildman–Crippen LogP) is 3.81. The lowest BCUT2D eigenvalue weighted by Gasteiger charge is -2.12. The van der Waals surface area contributed by atoms with Gasteiger partial charge in [-0.1, -0.05) is 6.07 Å². The Morgan fingerprint density at radius 1 is 1.04 bits per heavy atom. The molecule has 1 N–H and O–H groups in total. The van der Waals surface area contributed by atoms with Gasteiger partial charge in [0.2, 0.25) is 11.7 Å². The lowest BCUT2D eigenvalue weighted by molar-refractivity contribution is -0.111. The lowest BCUT2D eigenvalue weighted by Crippen LogP contribution is -2.09. The number of rotatable bonds is 6. The molecule has 2 rings (SSSR count). The number of anilines is 1. The fraction of sp³-hybridized carbons (Fsp3) is 0.211. The Morgan fingerprint density at radius 2 is 1.68 bits per heavy atom. The third-order valence-corrected chi connectivity index (χ3v) is 3.57. The maximum atomic E-state index is 13.3. The molecule has 6 heteroatoms. The highest BCUT2D eigenvalue weighted by Crippen LogP contribution is 2.38. The number of nitrogens with one attached hydrogen (secondary N) is 1. The third kappa shape index (κ3) is 4.50. The van der Waals surface area contributed by atoms with Crippen molar-refractivity contribution < 1.29 is 23.4 Å². The highest BCUT2D eigenvalue weighted by molar-refractivity contribution is 6.02. The first-order valence-corrected chi connectivity index (χ1v) is 7.53. The number of ether oxygens (including phenoxy) is 3. The van der Waals surface area contributed by atoms with Crippen LogP contribution in [0.15, 0.2) is 36.4 Å². The van der Waals surface area contributed by atoms with E-state index in [9.17, 15) is 9.18 Å². The Hall–Kier alpha value is -3.02. The van der Waals surface area contributed by atoms with Crippen molar-refractivity contribution >= 4 is 17.7 Å². The smallest absolute Gasteiger partial charge is 0.248 e. The zero-order valence-corrected chi connectivity index (χ0v) is 14.6. The van der Waals surface area contributed by atoms with Gasteiger partial charge in [0, 0.05) is 11.8 Å². The lowest BCUT2D eigenvalue weighted by atomic mass is 10.1. The summed E-state index contributed by atoms with van der Waals surface area (Å²) in [5, 5.41) is 2.65. The third-order valence-electron chi connectivity index (χ3n) is 3.57. The van der Waals surface area contributed by atoms with Crippen LogP contribution in [0.4, 0.5) is 10.1 Å². The second kappa shape index (κ2) is 8.19. The molecule has 25 heavy (non-hydrogen) atoms. The summed E-state index contributed by atoms with van der Waals surface area (Å²) in [6.07, 6.45) is 2.96. The summed E-state index contributed by atoms with van der Waals surface area (Å²) in [7, 11) is 4.55. The Morgan fingerprint density at radius 3 is 2.24 bits per heavy atom. The van der Waals surface area contributed by atoms with Gasteiger partial charge < -0.3 is 19.5 Å². The summed E-state index contributed by atoms with van der Waals surface area (Å²) < 4.78 is 29.1. The van der Waals surface area contributed by atoms with E-state index in [1.807, 2.05) is 0 Å². The molecule has 0 aliphatic heterocycles. The molecule has 0 atom stereocenters. The summed E-state index contributed by atoms with van der Waals surface area (Å²) >= 11 is 0. The molecule has 0 radical (unpaired) electrons. The van der Waals surface area contributed by atoms with Crippen LogP contribution in [0.2, 0.25) is 0 Å². The quantitative estimate of drug-likeness (QED) is 0.809. The number of carbonyl (C=O) groups is 1. The molecule has 2 aromatic carbocycles. The van der Waals surface area contributed by atoms with Crippen molar-refractivity contribution in [2.75, 3.05) is 26.6 Å². The van der Waals surface area contributed by atoms with Crippen LogP contribution in [-0.2, 0) is 4.79 Å². The van der Waals surface area contributed by atoms with E-state index in [4.69, 9.17) is 14.2 Å². The molecule has 0 aromatic heterocycles. The summed E-state index contributed by atoms with van der Waals surface area (Å²) in [6.45, 7) is 1.79. The fourth-order valence-electron chi connectivity index (χ4n) is 2.27. The topological polar surface area (TPSA) is 56.8 Å². The van der Waals surface area contributed by atoms with Gasteiger partial charge in [0.25, 0.3) is 0 Å². The molecule has 0 bridgehead atoms. The molecule has 0 aliphatic rings. The highest BCUT2D eigenvalue weighted by atomic mass is 19.1. The van der Waals surface area contributed by atoms with Crippen molar-refractivity contribution in [1.82, 2.24) is 0 Å². The first-order valence-electron chi connectivity index (χ1n) is 7.53. The molecule has 132 valence electrons. The average Bonchev–Trinajstić information content (AvgIpc) is 2.61. The summed E-state index contributed by atoms with van der Waals surface area (Å²) in [4.78, 5) is 12.1. The molecular formula is C19H20FNO4. The first-order chi connectivity index (χ1) is 12.0. The summed E-state index contributed by atoms with van der Waals surface area (Å²) in [5.41, 5.74) is 1.90. The Labute approximate surface area is 146 Å². The molecule has 0 fully saturated rings. The first kappa shape index (κ1) is 18.3. The zero-order valence-electron chi connectivity index (χ0n) is 14.6. The van der Waals surface area contributed by atoms with E-state index in [1.54, 1.807) is 31.2 Å². The number of benzene rings is 2. The second-order valence-corrected chi connectivity index (χ2v) is 5.24. The Balaban J connectivity index is 2.20. The van der Waals surface area contributed by atoms with Crippen molar-refractivity contribution in [2.45, 2.75) is 6.92 Å². The molecule has 0 aliphatic carbocycles. The van der Waals surface area contributed by atoms with E-state index in [0.29, 0.717) is 28.5 Å². The number of amides is 1. The van der Waals surface area contributed by atoms with E-state index >= 15 is 0 Å². The van der Waals surface area contributed by atoms with Crippen LogP contribution < -0.4 is 19.5 Å². The Kier molecular flexibility index (Phi) is 6.00. The summed E-state index contributed by atoms with van der Waals surface area (Å²) in [5.74, 6) is 0.671. The minimum atomic E-state index is -0.408. The number of carbonyl (C=O) groups excluding carboxylic acids is 1. The van der Waals surface area contributed by atoms with Crippen molar-refractivity contribution in [2.24, 2.45) is 0 Å². The van der Waals surface area contributed by atoms with Gasteiger partial charge in [-0.05, 0) is 48.4 Å². The fourth-order valence-corrected chi connectivity index (χ4v) is 2.27. The van der Waals surface area contributed by atoms with Crippen LogP contribution in [-0.4, -0.2) is 27.2 Å². The average molecular weight is 345 g/mol. The predicted molar refractivity (Wildman–Crippen MR) is 94.9 cm³/mol. The molecule has 2 aromatic rings. The van der Waals surface area contributed by atoms with Crippen LogP contribution >= 0.6 is 0 Å². The second-order valence-electron chi connectivity index (χ2n) is 5.24. The number of hydrogen-bond donors (Lipinski definition) is 1. The largest absolute Gasteiger partial charge is 0.493 e. The van der Waals surface area contributed by atoms with Crippen molar-refractivity contribution in [1.29, 1.82) is 0 Å². The number of aryl methyl sites for hydroxylation is 1. The van der Waals surface area contributed by atoms with E-state index in [2.05, 4.69) is 5.32 Å². The molecule has 0 spiro atoms. The number of halogens is 1. The molecule has 1 amide bonds. The molecule has 5 nitrogen and oxygen atoms in total. The van der Waals surface area contributed by atoms with E-state index < -0.39 is 5.82 Å². The molecule has 0 saturated heterocycles. The summed E-state index contributed by atoms with van der Waals surface area (Å²) in [6, 6.07) is 7.67. The van der Waals surface area contributed by atoms with Gasteiger partial charge >= 0.3 is 0 Å². The minimum Gasteiger partial charge on any atom is -0.493 e. The van der Waals surface area contributed by atoms with Gasteiger partial charge in [0.1, 0.15) is 5.82 Å². The van der Waals surface area contributed by atoms with Crippen LogP contribution in [0, 0.1) is 12.7 Å². The normalized spacial score (nSPS) is 10.6. The van der Waals surface area contributed by atoms with E-state index in [-0.39, 0.29) is 5.91 Å². The number of hydrogen-bond acceptors (Lipinski definition) is 4. The maximum Gasteiger partial charge on any atom is 0.248 e. The molecule has 0 heterocycles. The number of methoxy groups -OCH3 is 3. The van der Waals surface area contributed by atoms with Crippen LogP contribution in [0.3, 0.4) is 0 Å². The van der Waals surface area contributed by atoms with Gasteiger partial charge in [0.15, 0.2) is 11.5 Å². The zero-order chi connectivity index (χ0) is 18.4. The van der Waals surface area contributed by atoms with Crippen LogP contribution in [0.5, 0.6) is 17.2 Å².